The maximum absolute atomic E-state index is 12.3. The van der Waals surface area contributed by atoms with E-state index >= 15 is 0 Å². The lowest BCUT2D eigenvalue weighted by Crippen LogP contribution is -2.30. The number of aryl methyl sites for hydroxylation is 1. The summed E-state index contributed by atoms with van der Waals surface area (Å²) in [4.78, 5) is 12.4. The molecule has 0 fully saturated rings. The van der Waals surface area contributed by atoms with Crippen LogP contribution >= 0.6 is 11.8 Å². The summed E-state index contributed by atoms with van der Waals surface area (Å²) >= 11 is 1.18. The van der Waals surface area contributed by atoms with Gasteiger partial charge in [0.1, 0.15) is 5.82 Å². The molecule has 0 aliphatic rings. The molecular formula is C15H22N6O3S2. The van der Waals surface area contributed by atoms with Gasteiger partial charge in [0.2, 0.25) is 21.1 Å². The van der Waals surface area contributed by atoms with E-state index in [9.17, 15) is 13.2 Å². The highest BCUT2D eigenvalue weighted by molar-refractivity contribution is 8.00. The summed E-state index contributed by atoms with van der Waals surface area (Å²) in [6.07, 6.45) is 0. The van der Waals surface area contributed by atoms with Gasteiger partial charge in [-0.25, -0.2) is 17.8 Å². The van der Waals surface area contributed by atoms with Crippen molar-refractivity contribution in [3.63, 3.8) is 0 Å². The predicted molar refractivity (Wildman–Crippen MR) is 101 cm³/mol. The Kier molecular flexibility index (Phi) is 6.26. The summed E-state index contributed by atoms with van der Waals surface area (Å²) in [5, 5.41) is 10.4. The van der Waals surface area contributed by atoms with Crippen molar-refractivity contribution >= 4 is 33.4 Å². The smallest absolute Gasteiger partial charge is 0.240 e. The van der Waals surface area contributed by atoms with E-state index in [-0.39, 0.29) is 16.8 Å². The van der Waals surface area contributed by atoms with Crippen LogP contribution in [0.5, 0.6) is 0 Å². The lowest BCUT2D eigenvalue weighted by Gasteiger charge is -2.12. The zero-order chi connectivity index (χ0) is 19.5. The second kappa shape index (κ2) is 8.06. The van der Waals surface area contributed by atoms with Gasteiger partial charge in [-0.3, -0.25) is 4.79 Å². The van der Waals surface area contributed by atoms with Gasteiger partial charge in [0, 0.05) is 11.7 Å². The Morgan fingerprint density at radius 3 is 2.31 bits per heavy atom. The van der Waals surface area contributed by atoms with Crippen LogP contribution in [0.3, 0.4) is 0 Å². The fraction of sp³-hybridized carbons (Fsp3) is 0.400. The Morgan fingerprint density at radius 1 is 1.19 bits per heavy atom. The number of carbonyl (C=O) groups is 1. The monoisotopic (exact) mass is 398 g/mol. The van der Waals surface area contributed by atoms with Gasteiger partial charge in [-0.2, -0.15) is 0 Å². The van der Waals surface area contributed by atoms with Gasteiger partial charge in [0.25, 0.3) is 0 Å². The van der Waals surface area contributed by atoms with Gasteiger partial charge >= 0.3 is 0 Å². The number of benzene rings is 1. The first-order valence-electron chi connectivity index (χ1n) is 7.87. The molecule has 2 rings (SSSR count). The average molecular weight is 399 g/mol. The van der Waals surface area contributed by atoms with E-state index in [1.54, 1.807) is 39.8 Å². The number of nitrogen functional groups attached to an aromatic ring is 1. The number of carbonyl (C=O) groups excluding carboxylic acids is 1. The lowest BCUT2D eigenvalue weighted by atomic mass is 10.3. The van der Waals surface area contributed by atoms with Gasteiger partial charge < -0.3 is 11.2 Å². The summed E-state index contributed by atoms with van der Waals surface area (Å²) in [6, 6.07) is 5.76. The molecule has 1 unspecified atom stereocenters. The average Bonchev–Trinajstić information content (AvgIpc) is 2.86. The van der Waals surface area contributed by atoms with Crippen molar-refractivity contribution in [1.29, 1.82) is 0 Å². The molecule has 0 aliphatic heterocycles. The molecule has 1 atom stereocenters. The molecule has 0 radical (unpaired) electrons. The standard InChI is InChI=1S/C15H22N6O3S2/c1-9(2)20-26(23,24)13-7-5-12(6-8-13)17-14(22)10(3)25-15-19-18-11(4)21(15)16/h5-10,20H,16H2,1-4H3,(H,17,22). The number of sulfonamides is 1. The molecule has 1 aromatic heterocycles. The minimum absolute atomic E-state index is 0.137. The van der Waals surface area contributed by atoms with E-state index in [0.717, 1.165) is 0 Å². The molecule has 142 valence electrons. The molecule has 11 heteroatoms. The third-order valence-corrected chi connectivity index (χ3v) is 6.04. The van der Waals surface area contributed by atoms with E-state index in [0.29, 0.717) is 16.7 Å². The normalized spacial score (nSPS) is 13.0. The summed E-state index contributed by atoms with van der Waals surface area (Å²) in [5.41, 5.74) is 0.497. The molecule has 26 heavy (non-hydrogen) atoms. The van der Waals surface area contributed by atoms with Gasteiger partial charge in [-0.15, -0.1) is 10.2 Å². The highest BCUT2D eigenvalue weighted by atomic mass is 32.2. The molecule has 0 aliphatic carbocycles. The first-order valence-corrected chi connectivity index (χ1v) is 10.2. The molecule has 1 amide bonds. The Hall–Kier alpha value is -2.11. The van der Waals surface area contributed by atoms with E-state index < -0.39 is 15.3 Å². The van der Waals surface area contributed by atoms with E-state index in [2.05, 4.69) is 20.2 Å². The van der Waals surface area contributed by atoms with Crippen LogP contribution < -0.4 is 15.9 Å². The van der Waals surface area contributed by atoms with E-state index in [1.165, 1.54) is 28.6 Å². The zero-order valence-electron chi connectivity index (χ0n) is 14.9. The number of nitrogens with two attached hydrogens (primary N) is 1. The molecular weight excluding hydrogens is 376 g/mol. The van der Waals surface area contributed by atoms with Gasteiger partial charge in [0.15, 0.2) is 0 Å². The number of thioether (sulfide) groups is 1. The first-order chi connectivity index (χ1) is 12.1. The largest absolute Gasteiger partial charge is 0.336 e. The Labute approximate surface area is 156 Å². The van der Waals surface area contributed by atoms with Crippen molar-refractivity contribution in [2.24, 2.45) is 0 Å². The number of hydrogen-bond acceptors (Lipinski definition) is 7. The summed E-state index contributed by atoms with van der Waals surface area (Å²) < 4.78 is 28.0. The second-order valence-electron chi connectivity index (χ2n) is 5.95. The number of amides is 1. The van der Waals surface area contributed by atoms with E-state index in [4.69, 9.17) is 5.84 Å². The van der Waals surface area contributed by atoms with Crippen molar-refractivity contribution in [2.45, 2.75) is 49.0 Å². The Morgan fingerprint density at radius 2 is 1.81 bits per heavy atom. The molecule has 9 nitrogen and oxygen atoms in total. The summed E-state index contributed by atoms with van der Waals surface area (Å²) in [5.74, 6) is 6.06. The first kappa shape index (κ1) is 20.2. The molecule has 1 aromatic carbocycles. The molecule has 0 saturated carbocycles. The van der Waals surface area contributed by atoms with E-state index in [1.807, 2.05) is 0 Å². The van der Waals surface area contributed by atoms with Crippen molar-refractivity contribution < 1.29 is 13.2 Å². The quantitative estimate of drug-likeness (QED) is 0.470. The van der Waals surface area contributed by atoms with Crippen molar-refractivity contribution in [1.82, 2.24) is 19.6 Å². The highest BCUT2D eigenvalue weighted by Crippen LogP contribution is 2.22. The molecule has 2 aromatic rings. The fourth-order valence-electron chi connectivity index (χ4n) is 1.98. The van der Waals surface area contributed by atoms with Crippen LogP contribution in [0.2, 0.25) is 0 Å². The minimum Gasteiger partial charge on any atom is -0.336 e. The van der Waals surface area contributed by atoms with Crippen molar-refractivity contribution in [3.8, 4) is 0 Å². The van der Waals surface area contributed by atoms with Crippen LogP contribution in [-0.2, 0) is 14.8 Å². The third-order valence-electron chi connectivity index (χ3n) is 3.31. The van der Waals surface area contributed by atoms with Crippen LogP contribution in [0.4, 0.5) is 5.69 Å². The number of anilines is 1. The van der Waals surface area contributed by atoms with Crippen LogP contribution in [0.1, 0.15) is 26.6 Å². The molecule has 1 heterocycles. The number of hydrogen-bond donors (Lipinski definition) is 3. The number of nitrogens with one attached hydrogen (secondary N) is 2. The van der Waals surface area contributed by atoms with Crippen LogP contribution in [0.15, 0.2) is 34.3 Å². The topological polar surface area (TPSA) is 132 Å². The van der Waals surface area contributed by atoms with Crippen LogP contribution in [0, 0.1) is 6.92 Å². The maximum atomic E-state index is 12.3. The lowest BCUT2D eigenvalue weighted by molar-refractivity contribution is -0.115. The number of aromatic nitrogens is 3. The number of rotatable bonds is 7. The zero-order valence-corrected chi connectivity index (χ0v) is 16.6. The van der Waals surface area contributed by atoms with Crippen LogP contribution in [0.25, 0.3) is 0 Å². The molecule has 0 bridgehead atoms. The molecule has 0 spiro atoms. The Balaban J connectivity index is 2.02. The summed E-state index contributed by atoms with van der Waals surface area (Å²) in [7, 11) is -3.56. The second-order valence-corrected chi connectivity index (χ2v) is 8.97. The number of nitrogens with zero attached hydrogens (tertiary/aromatic N) is 3. The van der Waals surface area contributed by atoms with Gasteiger partial charge in [0.05, 0.1) is 10.1 Å². The fourth-order valence-corrected chi connectivity index (χ4v) is 4.05. The third kappa shape index (κ3) is 4.96. The van der Waals surface area contributed by atoms with Crippen molar-refractivity contribution in [3.05, 3.63) is 30.1 Å². The maximum Gasteiger partial charge on any atom is 0.240 e. The minimum atomic E-state index is -3.56. The van der Waals surface area contributed by atoms with Gasteiger partial charge in [-0.1, -0.05) is 11.8 Å². The molecule has 0 saturated heterocycles. The van der Waals surface area contributed by atoms with Crippen LogP contribution in [-0.4, -0.2) is 40.5 Å². The highest BCUT2D eigenvalue weighted by Gasteiger charge is 2.19. The van der Waals surface area contributed by atoms with Gasteiger partial charge in [-0.05, 0) is 52.0 Å². The van der Waals surface area contributed by atoms with Crippen molar-refractivity contribution in [2.75, 3.05) is 11.2 Å². The SMILES string of the molecule is Cc1nnc(SC(C)C(=O)Nc2ccc(S(=O)(=O)NC(C)C)cc2)n1N. The Bertz CT molecular complexity index is 877. The molecule has 4 N–H and O–H groups in total. The predicted octanol–water partition coefficient (Wildman–Crippen LogP) is 1.11. The summed E-state index contributed by atoms with van der Waals surface area (Å²) in [6.45, 7) is 6.92.